The van der Waals surface area contributed by atoms with Gasteiger partial charge in [0, 0.05) is 15.7 Å². The number of benzene rings is 1. The molecule has 7 heteroatoms. The van der Waals surface area contributed by atoms with E-state index in [1.165, 1.54) is 15.7 Å². The van der Waals surface area contributed by atoms with E-state index < -0.39 is 9.84 Å². The van der Waals surface area contributed by atoms with Crippen molar-refractivity contribution in [2.75, 3.05) is 6.26 Å². The van der Waals surface area contributed by atoms with Crippen molar-refractivity contribution >= 4 is 52.9 Å². The van der Waals surface area contributed by atoms with Gasteiger partial charge in [0.2, 0.25) is 0 Å². The monoisotopic (exact) mass is 334 g/mol. The molecule has 21 heavy (non-hydrogen) atoms. The molecule has 0 aliphatic carbocycles. The first kappa shape index (κ1) is 13.0. The lowest BCUT2D eigenvalue weighted by Gasteiger charge is -1.96. The highest BCUT2D eigenvalue weighted by Gasteiger charge is 2.12. The molecule has 4 rings (SSSR count). The number of nitrogens with one attached hydrogen (secondary N) is 1. The first-order valence-corrected chi connectivity index (χ1v) is 9.77. The van der Waals surface area contributed by atoms with Gasteiger partial charge >= 0.3 is 0 Å². The van der Waals surface area contributed by atoms with Crippen LogP contribution in [-0.4, -0.2) is 24.6 Å². The zero-order chi connectivity index (χ0) is 14.6. The third-order valence-corrected chi connectivity index (χ3v) is 6.46. The van der Waals surface area contributed by atoms with Crippen LogP contribution in [-0.2, 0) is 9.84 Å². The number of fused-ring (bicyclic) bond motifs is 2. The Hall–Kier alpha value is -1.70. The number of aromatic nitrogens is 2. The molecule has 0 amide bonds. The van der Waals surface area contributed by atoms with Gasteiger partial charge in [0.1, 0.15) is 5.82 Å². The molecular formula is C14H10N2O2S3. The predicted octanol–water partition coefficient (Wildman–Crippen LogP) is 3.91. The predicted molar refractivity (Wildman–Crippen MR) is 87.9 cm³/mol. The van der Waals surface area contributed by atoms with Crippen LogP contribution in [0, 0.1) is 0 Å². The van der Waals surface area contributed by atoms with Crippen molar-refractivity contribution in [2.45, 2.75) is 4.90 Å². The molecule has 0 radical (unpaired) electrons. The molecule has 0 fully saturated rings. The second-order valence-corrected chi connectivity index (χ2v) is 8.84. The summed E-state index contributed by atoms with van der Waals surface area (Å²) in [6.45, 7) is 0. The highest BCUT2D eigenvalue weighted by Crippen LogP contribution is 2.35. The number of hydrogen-bond donors (Lipinski definition) is 1. The maximum Gasteiger partial charge on any atom is 0.175 e. The summed E-state index contributed by atoms with van der Waals surface area (Å²) in [7, 11) is -3.20. The molecule has 4 aromatic rings. The molecule has 3 heterocycles. The van der Waals surface area contributed by atoms with Crippen molar-refractivity contribution in [1.82, 2.24) is 9.97 Å². The summed E-state index contributed by atoms with van der Waals surface area (Å²) in [5.41, 5.74) is 1.51. The van der Waals surface area contributed by atoms with Gasteiger partial charge < -0.3 is 4.98 Å². The summed E-state index contributed by atoms with van der Waals surface area (Å²) in [6.07, 6.45) is 1.21. The fourth-order valence-corrected chi connectivity index (χ4v) is 4.92. The zero-order valence-electron chi connectivity index (χ0n) is 11.0. The topological polar surface area (TPSA) is 62.8 Å². The standard InChI is InChI=1S/C14H10N2O2S3/c1-21(17,18)8-2-3-9-10(6-8)16-14(15-9)13-7-12-11(20-13)4-5-19-12/h2-7H,1H3,(H,15,16). The zero-order valence-corrected chi connectivity index (χ0v) is 13.4. The van der Waals surface area contributed by atoms with Crippen molar-refractivity contribution < 1.29 is 8.42 Å². The average Bonchev–Trinajstić information content (AvgIpc) is 3.09. The lowest BCUT2D eigenvalue weighted by atomic mass is 10.3. The molecular weight excluding hydrogens is 324 g/mol. The largest absolute Gasteiger partial charge is 0.337 e. The summed E-state index contributed by atoms with van der Waals surface area (Å²) >= 11 is 3.39. The molecule has 0 saturated heterocycles. The number of nitrogens with zero attached hydrogens (tertiary/aromatic N) is 1. The van der Waals surface area contributed by atoms with E-state index in [0.29, 0.717) is 4.90 Å². The van der Waals surface area contributed by atoms with E-state index >= 15 is 0 Å². The van der Waals surface area contributed by atoms with Gasteiger partial charge in [-0.2, -0.15) is 0 Å². The number of imidazole rings is 1. The van der Waals surface area contributed by atoms with Crippen LogP contribution < -0.4 is 0 Å². The Labute approximate surface area is 129 Å². The van der Waals surface area contributed by atoms with Crippen molar-refractivity contribution in [2.24, 2.45) is 0 Å². The Balaban J connectivity index is 1.88. The average molecular weight is 334 g/mol. The van der Waals surface area contributed by atoms with Gasteiger partial charge in [-0.1, -0.05) is 0 Å². The first-order chi connectivity index (χ1) is 10.0. The molecule has 0 saturated carbocycles. The van der Waals surface area contributed by atoms with Crippen LogP contribution in [0.5, 0.6) is 0 Å². The van der Waals surface area contributed by atoms with Gasteiger partial charge in [0.05, 0.1) is 20.8 Å². The SMILES string of the molecule is CS(=O)(=O)c1ccc2nc(-c3cc4sccc4s3)[nH]c2c1. The minimum absolute atomic E-state index is 0.303. The van der Waals surface area contributed by atoms with Crippen LogP contribution in [0.3, 0.4) is 0 Å². The smallest absolute Gasteiger partial charge is 0.175 e. The highest BCUT2D eigenvalue weighted by molar-refractivity contribution is 7.90. The van der Waals surface area contributed by atoms with Gasteiger partial charge in [-0.3, -0.25) is 0 Å². The third kappa shape index (κ3) is 2.17. The van der Waals surface area contributed by atoms with Crippen molar-refractivity contribution in [3.05, 3.63) is 35.7 Å². The molecule has 0 atom stereocenters. The number of hydrogen-bond acceptors (Lipinski definition) is 5. The summed E-state index contributed by atoms with van der Waals surface area (Å²) < 4.78 is 25.7. The summed E-state index contributed by atoms with van der Waals surface area (Å²) in [4.78, 5) is 9.13. The second kappa shape index (κ2) is 4.40. The quantitative estimate of drug-likeness (QED) is 0.604. The maximum atomic E-state index is 11.6. The van der Waals surface area contributed by atoms with Crippen molar-refractivity contribution in [3.63, 3.8) is 0 Å². The highest BCUT2D eigenvalue weighted by atomic mass is 32.2. The Morgan fingerprint density at radius 2 is 2.00 bits per heavy atom. The van der Waals surface area contributed by atoms with E-state index in [4.69, 9.17) is 0 Å². The number of thiophene rings is 2. The van der Waals surface area contributed by atoms with Crippen LogP contribution in [0.4, 0.5) is 0 Å². The van der Waals surface area contributed by atoms with Crippen LogP contribution in [0.1, 0.15) is 0 Å². The minimum Gasteiger partial charge on any atom is -0.337 e. The molecule has 0 spiro atoms. The lowest BCUT2D eigenvalue weighted by Crippen LogP contribution is -1.96. The fourth-order valence-electron chi connectivity index (χ4n) is 2.22. The van der Waals surface area contributed by atoms with Gasteiger partial charge in [-0.25, -0.2) is 13.4 Å². The fraction of sp³-hybridized carbons (Fsp3) is 0.0714. The van der Waals surface area contributed by atoms with Crippen molar-refractivity contribution in [1.29, 1.82) is 0 Å². The van der Waals surface area contributed by atoms with E-state index in [1.54, 1.807) is 40.9 Å². The van der Waals surface area contributed by atoms with Gasteiger partial charge in [-0.15, -0.1) is 22.7 Å². The summed E-state index contributed by atoms with van der Waals surface area (Å²) in [6, 6.07) is 9.17. The molecule has 1 aromatic carbocycles. The molecule has 4 nitrogen and oxygen atoms in total. The Bertz CT molecular complexity index is 1040. The Morgan fingerprint density at radius 1 is 1.14 bits per heavy atom. The normalized spacial score (nSPS) is 12.4. The maximum absolute atomic E-state index is 11.6. The van der Waals surface area contributed by atoms with Crippen LogP contribution in [0.15, 0.2) is 40.6 Å². The third-order valence-electron chi connectivity index (χ3n) is 3.25. The summed E-state index contributed by atoms with van der Waals surface area (Å²) in [5.74, 6) is 0.782. The molecule has 0 bridgehead atoms. The molecule has 1 N–H and O–H groups in total. The van der Waals surface area contributed by atoms with Gasteiger partial charge in [0.25, 0.3) is 0 Å². The first-order valence-electron chi connectivity index (χ1n) is 6.18. The number of aromatic amines is 1. The molecule has 3 aromatic heterocycles. The number of rotatable bonds is 2. The molecule has 0 aliphatic heterocycles. The lowest BCUT2D eigenvalue weighted by molar-refractivity contribution is 0.602. The van der Waals surface area contributed by atoms with Crippen LogP contribution >= 0.6 is 22.7 Å². The van der Waals surface area contributed by atoms with E-state index in [9.17, 15) is 8.42 Å². The second-order valence-electron chi connectivity index (χ2n) is 4.80. The molecule has 106 valence electrons. The molecule has 0 unspecified atom stereocenters. The van der Waals surface area contributed by atoms with E-state index in [0.717, 1.165) is 21.7 Å². The Morgan fingerprint density at radius 3 is 2.76 bits per heavy atom. The van der Waals surface area contributed by atoms with Crippen molar-refractivity contribution in [3.8, 4) is 10.7 Å². The van der Waals surface area contributed by atoms with Crippen LogP contribution in [0.2, 0.25) is 0 Å². The summed E-state index contributed by atoms with van der Waals surface area (Å²) in [5, 5.41) is 2.07. The van der Waals surface area contributed by atoms with Crippen LogP contribution in [0.25, 0.3) is 31.1 Å². The van der Waals surface area contributed by atoms with E-state index in [2.05, 4.69) is 27.5 Å². The van der Waals surface area contributed by atoms with E-state index in [-0.39, 0.29) is 0 Å². The van der Waals surface area contributed by atoms with Gasteiger partial charge in [0.15, 0.2) is 9.84 Å². The van der Waals surface area contributed by atoms with Gasteiger partial charge in [-0.05, 0) is 35.7 Å². The Kier molecular flexibility index (Phi) is 2.72. The van der Waals surface area contributed by atoms with E-state index in [1.807, 2.05) is 0 Å². The molecule has 0 aliphatic rings. The minimum atomic E-state index is -3.20. The number of H-pyrrole nitrogens is 1. The number of sulfone groups is 1.